The third kappa shape index (κ3) is 2.76. The molecule has 12 heavy (non-hydrogen) atoms. The largest absolute Gasteiger partial charge is 0.300 e. The van der Waals surface area contributed by atoms with Gasteiger partial charge >= 0.3 is 0 Å². The maximum absolute atomic E-state index is 11.3. The van der Waals surface area contributed by atoms with Crippen LogP contribution in [-0.4, -0.2) is 11.6 Å². The summed E-state index contributed by atoms with van der Waals surface area (Å²) in [6.45, 7) is 1.93. The number of carbonyl (C=O) groups is 2. The lowest BCUT2D eigenvalue weighted by atomic mass is 9.98. The summed E-state index contributed by atoms with van der Waals surface area (Å²) >= 11 is 0. The monoisotopic (exact) mass is 168 g/mol. The fourth-order valence-corrected chi connectivity index (χ4v) is 1.53. The fourth-order valence-electron chi connectivity index (χ4n) is 1.53. The number of Topliss-reactive ketones (excluding diaryl/α,β-unsaturated/α-hetero) is 2. The second-order valence-electron chi connectivity index (χ2n) is 3.65. The zero-order chi connectivity index (χ0) is 8.97. The zero-order valence-electron chi connectivity index (χ0n) is 7.64. The predicted molar refractivity (Wildman–Crippen MR) is 46.9 cm³/mol. The van der Waals surface area contributed by atoms with Gasteiger partial charge in [0.25, 0.3) is 0 Å². The van der Waals surface area contributed by atoms with E-state index in [1.165, 1.54) is 0 Å². The quantitative estimate of drug-likeness (QED) is 0.555. The first kappa shape index (κ1) is 9.43. The van der Waals surface area contributed by atoms with Gasteiger partial charge in [0, 0.05) is 25.2 Å². The third-order valence-electron chi connectivity index (χ3n) is 2.53. The Morgan fingerprint density at radius 3 is 2.50 bits per heavy atom. The number of hydrogen-bond acceptors (Lipinski definition) is 2. The van der Waals surface area contributed by atoms with Crippen molar-refractivity contribution in [3.8, 4) is 0 Å². The van der Waals surface area contributed by atoms with Crippen molar-refractivity contribution in [3.63, 3.8) is 0 Å². The molecule has 0 bridgehead atoms. The molecule has 0 radical (unpaired) electrons. The molecule has 0 saturated heterocycles. The molecule has 1 aliphatic carbocycles. The van der Waals surface area contributed by atoms with Gasteiger partial charge in [-0.05, 0) is 19.3 Å². The van der Waals surface area contributed by atoms with Crippen molar-refractivity contribution in [2.45, 2.75) is 45.4 Å². The molecule has 0 aromatic carbocycles. The fraction of sp³-hybridized carbons (Fsp3) is 0.800. The van der Waals surface area contributed by atoms with E-state index < -0.39 is 0 Å². The summed E-state index contributed by atoms with van der Waals surface area (Å²) in [6.07, 6.45) is 4.52. The lowest BCUT2D eigenvalue weighted by Gasteiger charge is -2.06. The van der Waals surface area contributed by atoms with Crippen LogP contribution in [0.1, 0.15) is 45.4 Å². The van der Waals surface area contributed by atoms with Crippen molar-refractivity contribution in [2.24, 2.45) is 5.92 Å². The van der Waals surface area contributed by atoms with Crippen molar-refractivity contribution >= 4 is 11.6 Å². The van der Waals surface area contributed by atoms with Gasteiger partial charge in [0.05, 0.1) is 0 Å². The van der Waals surface area contributed by atoms with Crippen LogP contribution in [0.25, 0.3) is 0 Å². The van der Waals surface area contributed by atoms with Gasteiger partial charge in [-0.25, -0.2) is 0 Å². The molecule has 1 fully saturated rings. The van der Waals surface area contributed by atoms with Crippen molar-refractivity contribution < 1.29 is 9.59 Å². The zero-order valence-corrected chi connectivity index (χ0v) is 7.64. The van der Waals surface area contributed by atoms with Crippen LogP contribution >= 0.6 is 0 Å². The number of ketones is 2. The van der Waals surface area contributed by atoms with Crippen LogP contribution in [0.2, 0.25) is 0 Å². The SMILES string of the molecule is CC1CCC(=O)CCCCC1=O. The summed E-state index contributed by atoms with van der Waals surface area (Å²) in [4.78, 5) is 22.4. The van der Waals surface area contributed by atoms with Crippen molar-refractivity contribution in [2.75, 3.05) is 0 Å². The van der Waals surface area contributed by atoms with Crippen molar-refractivity contribution in [1.29, 1.82) is 0 Å². The Morgan fingerprint density at radius 1 is 1.08 bits per heavy atom. The molecule has 0 N–H and O–H groups in total. The molecule has 0 spiro atoms. The standard InChI is InChI=1S/C10H16O2/c1-8-6-7-9(11)4-2-3-5-10(8)12/h8H,2-7H2,1H3. The number of hydrogen-bond donors (Lipinski definition) is 0. The lowest BCUT2D eigenvalue weighted by Crippen LogP contribution is -2.10. The van der Waals surface area contributed by atoms with E-state index >= 15 is 0 Å². The third-order valence-corrected chi connectivity index (χ3v) is 2.53. The average Bonchev–Trinajstić information content (AvgIpc) is 2.11. The minimum Gasteiger partial charge on any atom is -0.300 e. The van der Waals surface area contributed by atoms with Crippen LogP contribution in [0.15, 0.2) is 0 Å². The Labute approximate surface area is 73.3 Å². The molecule has 1 rings (SSSR count). The Morgan fingerprint density at radius 2 is 1.75 bits per heavy atom. The average molecular weight is 168 g/mol. The van der Waals surface area contributed by atoms with Crippen LogP contribution < -0.4 is 0 Å². The Kier molecular flexibility index (Phi) is 3.45. The molecule has 1 saturated carbocycles. The number of rotatable bonds is 0. The van der Waals surface area contributed by atoms with Crippen LogP contribution in [0.4, 0.5) is 0 Å². The first-order valence-corrected chi connectivity index (χ1v) is 4.74. The second kappa shape index (κ2) is 4.39. The van der Waals surface area contributed by atoms with E-state index in [4.69, 9.17) is 0 Å². The van der Waals surface area contributed by atoms with Crippen LogP contribution in [0.3, 0.4) is 0 Å². The smallest absolute Gasteiger partial charge is 0.135 e. The highest BCUT2D eigenvalue weighted by Crippen LogP contribution is 2.16. The van der Waals surface area contributed by atoms with Gasteiger partial charge in [-0.2, -0.15) is 0 Å². The van der Waals surface area contributed by atoms with Crippen LogP contribution in [0.5, 0.6) is 0 Å². The van der Waals surface area contributed by atoms with Gasteiger partial charge < -0.3 is 0 Å². The summed E-state index contributed by atoms with van der Waals surface area (Å²) in [5.74, 6) is 0.772. The number of carbonyl (C=O) groups excluding carboxylic acids is 2. The Balaban J connectivity index is 2.48. The molecule has 0 amide bonds. The van der Waals surface area contributed by atoms with Gasteiger partial charge in [-0.15, -0.1) is 0 Å². The van der Waals surface area contributed by atoms with Gasteiger partial charge in [0.1, 0.15) is 11.6 Å². The molecule has 2 nitrogen and oxygen atoms in total. The molecular formula is C10H16O2. The van der Waals surface area contributed by atoms with Crippen molar-refractivity contribution in [1.82, 2.24) is 0 Å². The van der Waals surface area contributed by atoms with Gasteiger partial charge in [0.2, 0.25) is 0 Å². The summed E-state index contributed by atoms with van der Waals surface area (Å²) < 4.78 is 0. The highest BCUT2D eigenvalue weighted by atomic mass is 16.1. The van der Waals surface area contributed by atoms with E-state index in [-0.39, 0.29) is 5.92 Å². The lowest BCUT2D eigenvalue weighted by molar-refractivity contribution is -0.122. The first-order valence-electron chi connectivity index (χ1n) is 4.74. The molecule has 0 heterocycles. The van der Waals surface area contributed by atoms with Crippen LogP contribution in [-0.2, 0) is 9.59 Å². The molecule has 68 valence electrons. The second-order valence-corrected chi connectivity index (χ2v) is 3.65. The summed E-state index contributed by atoms with van der Waals surface area (Å²) in [5.41, 5.74) is 0. The van der Waals surface area contributed by atoms with Crippen molar-refractivity contribution in [3.05, 3.63) is 0 Å². The van der Waals surface area contributed by atoms with Gasteiger partial charge in [0.15, 0.2) is 0 Å². The Hall–Kier alpha value is -0.660. The highest BCUT2D eigenvalue weighted by Gasteiger charge is 2.16. The van der Waals surface area contributed by atoms with Crippen LogP contribution in [0, 0.1) is 5.92 Å². The molecule has 0 aromatic heterocycles. The minimum absolute atomic E-state index is 0.104. The van der Waals surface area contributed by atoms with Gasteiger partial charge in [-0.1, -0.05) is 6.92 Å². The predicted octanol–water partition coefficient (Wildman–Crippen LogP) is 2.11. The van der Waals surface area contributed by atoms with E-state index in [1.54, 1.807) is 0 Å². The molecule has 1 aliphatic rings. The van der Waals surface area contributed by atoms with E-state index in [9.17, 15) is 9.59 Å². The van der Waals surface area contributed by atoms with E-state index in [0.29, 0.717) is 30.8 Å². The maximum Gasteiger partial charge on any atom is 0.135 e. The first-order chi connectivity index (χ1) is 5.70. The molecule has 2 heteroatoms. The summed E-state index contributed by atoms with van der Waals surface area (Å²) in [6, 6.07) is 0. The van der Waals surface area contributed by atoms with E-state index in [0.717, 1.165) is 19.3 Å². The molecule has 1 atom stereocenters. The minimum atomic E-state index is 0.104. The summed E-state index contributed by atoms with van der Waals surface area (Å²) in [7, 11) is 0. The maximum atomic E-state index is 11.3. The van der Waals surface area contributed by atoms with E-state index in [1.807, 2.05) is 6.92 Å². The molecule has 0 aromatic rings. The normalized spacial score (nSPS) is 27.6. The molecule has 1 unspecified atom stereocenters. The van der Waals surface area contributed by atoms with Gasteiger partial charge in [-0.3, -0.25) is 9.59 Å². The molecule has 0 aliphatic heterocycles. The summed E-state index contributed by atoms with van der Waals surface area (Å²) in [5, 5.41) is 0. The van der Waals surface area contributed by atoms with E-state index in [2.05, 4.69) is 0 Å². The topological polar surface area (TPSA) is 34.1 Å². The molecular weight excluding hydrogens is 152 g/mol. The Bertz CT molecular complexity index is 184. The highest BCUT2D eigenvalue weighted by molar-refractivity contribution is 5.83.